The van der Waals surface area contributed by atoms with Crippen molar-refractivity contribution in [2.75, 3.05) is 0 Å². The fraction of sp³-hybridized carbons (Fsp3) is 0.154. The number of ketones is 1. The molecule has 0 N–H and O–H groups in total. The summed E-state index contributed by atoms with van der Waals surface area (Å²) < 4.78 is 3.25. The first-order valence-corrected chi connectivity index (χ1v) is 6.28. The van der Waals surface area contributed by atoms with Crippen molar-refractivity contribution >= 4 is 22.9 Å². The van der Waals surface area contributed by atoms with Crippen molar-refractivity contribution in [3.63, 3.8) is 0 Å². The summed E-state index contributed by atoms with van der Waals surface area (Å²) in [5.41, 5.74) is 1.69. The second-order valence-electron chi connectivity index (χ2n) is 4.07. The third kappa shape index (κ3) is 1.82. The average molecular weight is 275 g/mol. The van der Waals surface area contributed by atoms with Crippen LogP contribution in [-0.4, -0.2) is 25.2 Å². The van der Waals surface area contributed by atoms with Crippen molar-refractivity contribution in [1.29, 1.82) is 0 Å². The number of aryl methyl sites for hydroxylation is 1. The molecule has 19 heavy (non-hydrogen) atoms. The molecule has 3 aromatic rings. The van der Waals surface area contributed by atoms with Gasteiger partial charge in [-0.3, -0.25) is 9.48 Å². The van der Waals surface area contributed by atoms with Crippen LogP contribution in [0.5, 0.6) is 0 Å². The summed E-state index contributed by atoms with van der Waals surface area (Å²) >= 11 is 6.06. The van der Waals surface area contributed by atoms with Crippen LogP contribution >= 0.6 is 11.6 Å². The van der Waals surface area contributed by atoms with Crippen LogP contribution in [0.3, 0.4) is 0 Å². The Kier molecular flexibility index (Phi) is 2.83. The molecule has 0 radical (unpaired) electrons. The number of carbonyl (C=O) groups excluding carboxylic acids is 1. The maximum absolute atomic E-state index is 12.6. The molecule has 5 nitrogen and oxygen atoms in total. The fourth-order valence-electron chi connectivity index (χ4n) is 2.07. The maximum atomic E-state index is 12.6. The van der Waals surface area contributed by atoms with Gasteiger partial charge in [0.2, 0.25) is 5.78 Å². The molecule has 3 heterocycles. The van der Waals surface area contributed by atoms with E-state index in [1.54, 1.807) is 21.6 Å². The summed E-state index contributed by atoms with van der Waals surface area (Å²) in [5, 5.41) is 8.60. The van der Waals surface area contributed by atoms with Gasteiger partial charge in [-0.15, -0.1) is 0 Å². The molecule has 0 spiro atoms. The van der Waals surface area contributed by atoms with E-state index in [-0.39, 0.29) is 5.78 Å². The number of fused-ring (bicyclic) bond motifs is 1. The van der Waals surface area contributed by atoms with E-state index in [1.165, 1.54) is 6.20 Å². The summed E-state index contributed by atoms with van der Waals surface area (Å²) in [6, 6.07) is 5.57. The number of pyridine rings is 1. The van der Waals surface area contributed by atoms with Crippen LogP contribution < -0.4 is 0 Å². The molecule has 0 aromatic carbocycles. The normalized spacial score (nSPS) is 11.1. The van der Waals surface area contributed by atoms with Gasteiger partial charge in [-0.1, -0.05) is 17.7 Å². The molecule has 0 bridgehead atoms. The lowest BCUT2D eigenvalue weighted by Crippen LogP contribution is -2.10. The lowest BCUT2D eigenvalue weighted by Gasteiger charge is -2.03. The molecule has 0 saturated carbocycles. The third-order valence-electron chi connectivity index (χ3n) is 2.98. The summed E-state index contributed by atoms with van der Waals surface area (Å²) in [5.74, 6) is -0.162. The topological polar surface area (TPSA) is 52.2 Å². The Morgan fingerprint density at radius 2 is 2.16 bits per heavy atom. The standard InChI is InChI=1S/C13H11ClN4O/c1-2-17-12(10(14)8-16-17)13(19)9-7-15-18-6-4-3-5-11(9)18/h3-8H,2H2,1H3. The highest BCUT2D eigenvalue weighted by Crippen LogP contribution is 2.21. The Bertz CT molecular complexity index is 759. The van der Waals surface area contributed by atoms with E-state index >= 15 is 0 Å². The van der Waals surface area contributed by atoms with Gasteiger partial charge in [-0.25, -0.2) is 4.52 Å². The number of aromatic nitrogens is 4. The van der Waals surface area contributed by atoms with E-state index in [9.17, 15) is 4.79 Å². The van der Waals surface area contributed by atoms with Gasteiger partial charge in [-0.05, 0) is 19.1 Å². The zero-order chi connectivity index (χ0) is 13.4. The molecular weight excluding hydrogens is 264 g/mol. The van der Waals surface area contributed by atoms with Crippen LogP contribution in [0.15, 0.2) is 36.8 Å². The first-order valence-electron chi connectivity index (χ1n) is 5.90. The fourth-order valence-corrected chi connectivity index (χ4v) is 2.29. The highest BCUT2D eigenvalue weighted by Gasteiger charge is 2.21. The molecule has 96 valence electrons. The van der Waals surface area contributed by atoms with Crippen molar-refractivity contribution in [1.82, 2.24) is 19.4 Å². The lowest BCUT2D eigenvalue weighted by molar-refractivity contribution is 0.103. The number of rotatable bonds is 3. The van der Waals surface area contributed by atoms with Crippen molar-refractivity contribution in [2.24, 2.45) is 0 Å². The minimum absolute atomic E-state index is 0.162. The Morgan fingerprint density at radius 3 is 2.95 bits per heavy atom. The molecule has 3 rings (SSSR count). The van der Waals surface area contributed by atoms with Crippen LogP contribution in [0.2, 0.25) is 5.02 Å². The molecule has 0 unspecified atom stereocenters. The number of nitrogens with zero attached hydrogens (tertiary/aromatic N) is 4. The van der Waals surface area contributed by atoms with Crippen molar-refractivity contribution in [2.45, 2.75) is 13.5 Å². The molecule has 0 atom stereocenters. The van der Waals surface area contributed by atoms with Crippen LogP contribution in [-0.2, 0) is 6.54 Å². The molecular formula is C13H11ClN4O. The third-order valence-corrected chi connectivity index (χ3v) is 3.26. The van der Waals surface area contributed by atoms with E-state index in [4.69, 9.17) is 11.6 Å². The van der Waals surface area contributed by atoms with Crippen LogP contribution in [0.4, 0.5) is 0 Å². The van der Waals surface area contributed by atoms with E-state index < -0.39 is 0 Å². The summed E-state index contributed by atoms with van der Waals surface area (Å²) in [4.78, 5) is 12.6. The Labute approximate surface area is 114 Å². The van der Waals surface area contributed by atoms with Gasteiger partial charge in [0.15, 0.2) is 0 Å². The molecule has 0 aliphatic heterocycles. The highest BCUT2D eigenvalue weighted by atomic mass is 35.5. The molecule has 0 aliphatic carbocycles. The first-order chi connectivity index (χ1) is 9.22. The Balaban J connectivity index is 2.16. The lowest BCUT2D eigenvalue weighted by atomic mass is 10.1. The summed E-state index contributed by atoms with van der Waals surface area (Å²) in [6.07, 6.45) is 4.84. The van der Waals surface area contributed by atoms with Crippen LogP contribution in [0, 0.1) is 0 Å². The molecule has 0 amide bonds. The van der Waals surface area contributed by atoms with Crippen LogP contribution in [0.25, 0.3) is 5.52 Å². The Morgan fingerprint density at radius 1 is 1.32 bits per heavy atom. The second-order valence-corrected chi connectivity index (χ2v) is 4.48. The number of carbonyl (C=O) groups is 1. The number of halogens is 1. The number of hydrogen-bond donors (Lipinski definition) is 0. The van der Waals surface area contributed by atoms with Gasteiger partial charge in [0.25, 0.3) is 0 Å². The molecule has 0 fully saturated rings. The predicted octanol–water partition coefficient (Wildman–Crippen LogP) is 2.44. The molecule has 0 aliphatic rings. The highest BCUT2D eigenvalue weighted by molar-refractivity contribution is 6.34. The van der Waals surface area contributed by atoms with Crippen LogP contribution in [0.1, 0.15) is 23.0 Å². The predicted molar refractivity (Wildman–Crippen MR) is 71.5 cm³/mol. The second kappa shape index (κ2) is 4.51. The zero-order valence-corrected chi connectivity index (χ0v) is 11.0. The van der Waals surface area contributed by atoms with Crippen molar-refractivity contribution in [3.05, 3.63) is 53.1 Å². The largest absolute Gasteiger partial charge is 0.287 e. The molecule has 3 aromatic heterocycles. The van der Waals surface area contributed by atoms with E-state index in [1.807, 2.05) is 25.1 Å². The summed E-state index contributed by atoms with van der Waals surface area (Å²) in [6.45, 7) is 2.50. The van der Waals surface area contributed by atoms with E-state index in [0.29, 0.717) is 22.8 Å². The van der Waals surface area contributed by atoms with Gasteiger partial charge < -0.3 is 0 Å². The monoisotopic (exact) mass is 274 g/mol. The smallest absolute Gasteiger partial charge is 0.216 e. The van der Waals surface area contributed by atoms with Crippen molar-refractivity contribution in [3.8, 4) is 0 Å². The van der Waals surface area contributed by atoms with E-state index in [2.05, 4.69) is 10.2 Å². The quantitative estimate of drug-likeness (QED) is 0.689. The van der Waals surface area contributed by atoms with Gasteiger partial charge in [0.1, 0.15) is 5.69 Å². The van der Waals surface area contributed by atoms with Gasteiger partial charge >= 0.3 is 0 Å². The number of hydrogen-bond acceptors (Lipinski definition) is 3. The zero-order valence-electron chi connectivity index (χ0n) is 10.2. The molecule has 6 heteroatoms. The van der Waals surface area contributed by atoms with E-state index in [0.717, 1.165) is 5.52 Å². The average Bonchev–Trinajstić information content (AvgIpc) is 3.01. The SMILES string of the molecule is CCn1ncc(Cl)c1C(=O)c1cnn2ccccc12. The maximum Gasteiger partial charge on any atom is 0.216 e. The minimum atomic E-state index is -0.162. The minimum Gasteiger partial charge on any atom is -0.287 e. The summed E-state index contributed by atoms with van der Waals surface area (Å²) in [7, 11) is 0. The molecule has 0 saturated heterocycles. The Hall–Kier alpha value is -2.14. The van der Waals surface area contributed by atoms with Gasteiger partial charge in [0, 0.05) is 12.7 Å². The van der Waals surface area contributed by atoms with Crippen molar-refractivity contribution < 1.29 is 4.79 Å². The van der Waals surface area contributed by atoms with Gasteiger partial charge in [-0.2, -0.15) is 10.2 Å². The van der Waals surface area contributed by atoms with Gasteiger partial charge in [0.05, 0.1) is 28.5 Å². The first kappa shape index (κ1) is 11.9.